The molecule has 5 rings (SSSR count). The first-order chi connectivity index (χ1) is 21.1. The van der Waals surface area contributed by atoms with Crippen molar-refractivity contribution in [2.45, 2.75) is 20.2 Å². The van der Waals surface area contributed by atoms with Crippen LogP contribution >= 0.6 is 11.8 Å². The molecule has 44 heavy (non-hydrogen) atoms. The normalized spacial score (nSPS) is 14.4. The summed E-state index contributed by atoms with van der Waals surface area (Å²) < 4.78 is 48.1. The third-order valence-corrected chi connectivity index (χ3v) is 6.97. The van der Waals surface area contributed by atoms with Crippen molar-refractivity contribution < 1.29 is 32.2 Å². The molecule has 0 atom stereocenters. The number of amides is 3. The molecule has 0 bridgehead atoms. The highest BCUT2D eigenvalue weighted by molar-refractivity contribution is 8.15. The summed E-state index contributed by atoms with van der Waals surface area (Å²) in [5.74, 6) is 0.533. The number of benzene rings is 3. The lowest BCUT2D eigenvalue weighted by Crippen LogP contribution is -2.30. The molecule has 3 amide bonds. The summed E-state index contributed by atoms with van der Waals surface area (Å²) in [6, 6.07) is 17.1. The number of aryl methyl sites for hydroxylation is 1. The SMILES string of the molecule is CCOc1ccc(C)cc1N1C(=O)CSC1=NC(=O)Nc1ccc(C=Cc2ncn(-c3ccc(OC(F)(F)F)cc3)n2)cc1. The van der Waals surface area contributed by atoms with Crippen molar-refractivity contribution in [3.63, 3.8) is 0 Å². The van der Waals surface area contributed by atoms with Crippen LogP contribution in [-0.2, 0) is 4.79 Å². The van der Waals surface area contributed by atoms with Crippen molar-refractivity contribution in [2.75, 3.05) is 22.6 Å². The van der Waals surface area contributed by atoms with Gasteiger partial charge in [-0.05, 0) is 79.6 Å². The number of nitrogens with one attached hydrogen (secondary N) is 1. The topological polar surface area (TPSA) is 111 Å². The number of carbonyl (C=O) groups is 2. The van der Waals surface area contributed by atoms with Gasteiger partial charge < -0.3 is 14.8 Å². The molecule has 4 aromatic rings. The first-order valence-corrected chi connectivity index (χ1v) is 14.2. The predicted molar refractivity (Wildman–Crippen MR) is 162 cm³/mol. The number of hydrogen-bond donors (Lipinski definition) is 1. The highest BCUT2D eigenvalue weighted by atomic mass is 32.2. The van der Waals surface area contributed by atoms with Crippen LogP contribution < -0.4 is 19.7 Å². The lowest BCUT2D eigenvalue weighted by Gasteiger charge is -2.20. The summed E-state index contributed by atoms with van der Waals surface area (Å²) in [6.07, 6.45) is 0.108. The van der Waals surface area contributed by atoms with E-state index in [1.165, 1.54) is 51.9 Å². The lowest BCUT2D eigenvalue weighted by atomic mass is 10.2. The molecular weight excluding hydrogens is 597 g/mol. The monoisotopic (exact) mass is 622 g/mol. The number of aliphatic imine (C=N–C) groups is 1. The van der Waals surface area contributed by atoms with Crippen LogP contribution in [-0.4, -0.2) is 50.6 Å². The zero-order valence-corrected chi connectivity index (χ0v) is 24.2. The second kappa shape index (κ2) is 13.0. The molecule has 10 nitrogen and oxygen atoms in total. The Kier molecular flexibility index (Phi) is 8.99. The highest BCUT2D eigenvalue weighted by Gasteiger charge is 2.33. The van der Waals surface area contributed by atoms with Gasteiger partial charge in [0.25, 0.3) is 0 Å². The molecule has 0 spiro atoms. The Bertz CT molecular complexity index is 1720. The summed E-state index contributed by atoms with van der Waals surface area (Å²) in [6.45, 7) is 4.18. The quantitative estimate of drug-likeness (QED) is 0.233. The van der Waals surface area contributed by atoms with Gasteiger partial charge in [0, 0.05) is 5.69 Å². The minimum absolute atomic E-state index is 0.156. The fraction of sp³-hybridized carbons (Fsp3) is 0.167. The number of anilines is 2. The fourth-order valence-electron chi connectivity index (χ4n) is 4.13. The van der Waals surface area contributed by atoms with Crippen molar-refractivity contribution in [1.29, 1.82) is 0 Å². The van der Waals surface area contributed by atoms with E-state index in [-0.39, 0.29) is 22.6 Å². The number of amidine groups is 1. The van der Waals surface area contributed by atoms with Gasteiger partial charge in [0.1, 0.15) is 17.8 Å². The Balaban J connectivity index is 1.21. The van der Waals surface area contributed by atoms with Gasteiger partial charge in [0.2, 0.25) is 5.91 Å². The Morgan fingerprint density at radius 1 is 1.09 bits per heavy atom. The summed E-state index contributed by atoms with van der Waals surface area (Å²) >= 11 is 1.18. The lowest BCUT2D eigenvalue weighted by molar-refractivity contribution is -0.274. The first kappa shape index (κ1) is 30.4. The van der Waals surface area contributed by atoms with Gasteiger partial charge in [-0.1, -0.05) is 36.0 Å². The molecule has 3 aromatic carbocycles. The van der Waals surface area contributed by atoms with Gasteiger partial charge >= 0.3 is 12.4 Å². The maximum Gasteiger partial charge on any atom is 0.573 e. The fourth-order valence-corrected chi connectivity index (χ4v) is 4.98. The number of thioether (sulfide) groups is 1. The van der Waals surface area contributed by atoms with Crippen molar-refractivity contribution in [1.82, 2.24) is 14.8 Å². The van der Waals surface area contributed by atoms with E-state index >= 15 is 0 Å². The third kappa shape index (κ3) is 7.64. The zero-order chi connectivity index (χ0) is 31.3. The maximum absolute atomic E-state index is 12.8. The van der Waals surface area contributed by atoms with Crippen molar-refractivity contribution in [3.05, 3.63) is 90.0 Å². The number of halogens is 3. The van der Waals surface area contributed by atoms with Crippen molar-refractivity contribution in [2.24, 2.45) is 4.99 Å². The van der Waals surface area contributed by atoms with Crippen LogP contribution in [0.25, 0.3) is 17.8 Å². The van der Waals surface area contributed by atoms with Crippen LogP contribution in [0.3, 0.4) is 0 Å². The maximum atomic E-state index is 12.8. The molecule has 0 radical (unpaired) electrons. The van der Waals surface area contributed by atoms with Crippen LogP contribution in [0.2, 0.25) is 0 Å². The molecule has 1 aliphatic rings. The molecule has 14 heteroatoms. The van der Waals surface area contributed by atoms with E-state index in [0.717, 1.165) is 11.1 Å². The molecule has 1 fully saturated rings. The number of nitrogens with zero attached hydrogens (tertiary/aromatic N) is 5. The van der Waals surface area contributed by atoms with E-state index in [9.17, 15) is 22.8 Å². The van der Waals surface area contributed by atoms with Crippen molar-refractivity contribution >= 4 is 52.4 Å². The zero-order valence-electron chi connectivity index (χ0n) is 23.4. The number of ether oxygens (including phenoxy) is 2. The van der Waals surface area contributed by atoms with E-state index in [2.05, 4.69) is 25.1 Å². The molecule has 0 unspecified atom stereocenters. The second-order valence-corrected chi connectivity index (χ2v) is 10.2. The third-order valence-electron chi connectivity index (χ3n) is 6.05. The standard InChI is InChI=1S/C30H25F3N6O4S/c1-3-42-25-14-4-19(2)16-24(25)39-27(40)17-44-29(39)36-28(41)35-21-8-5-20(6-9-21)7-15-26-34-18-38(37-26)22-10-12-23(13-11-22)43-30(31,32)33/h4-16,18H,3,17H2,1-2H3,(H,35,41). The molecule has 0 aliphatic carbocycles. The summed E-state index contributed by atoms with van der Waals surface area (Å²) in [5, 5.41) is 7.28. The molecular formula is C30H25F3N6O4S. The Morgan fingerprint density at radius 2 is 1.84 bits per heavy atom. The molecule has 1 N–H and O–H groups in total. The van der Waals surface area contributed by atoms with Gasteiger partial charge in [0.05, 0.1) is 23.7 Å². The number of rotatable bonds is 8. The molecule has 0 saturated carbocycles. The molecule has 226 valence electrons. The van der Waals surface area contributed by atoms with Crippen LogP contribution in [0, 0.1) is 6.92 Å². The van der Waals surface area contributed by atoms with E-state index < -0.39 is 12.4 Å². The first-order valence-electron chi connectivity index (χ1n) is 13.2. The molecule has 1 aromatic heterocycles. The van der Waals surface area contributed by atoms with Crippen LogP contribution in [0.1, 0.15) is 23.9 Å². The Morgan fingerprint density at radius 3 is 2.55 bits per heavy atom. The average Bonchev–Trinajstić information content (AvgIpc) is 3.60. The van der Waals surface area contributed by atoms with E-state index in [1.807, 2.05) is 26.0 Å². The van der Waals surface area contributed by atoms with Gasteiger partial charge in [-0.2, -0.15) is 4.99 Å². The number of alkyl halides is 3. The van der Waals surface area contributed by atoms with E-state index in [0.29, 0.717) is 35.2 Å². The minimum Gasteiger partial charge on any atom is -0.492 e. The molecule has 1 aliphatic heterocycles. The van der Waals surface area contributed by atoms with Crippen molar-refractivity contribution in [3.8, 4) is 17.2 Å². The van der Waals surface area contributed by atoms with Gasteiger partial charge in [0.15, 0.2) is 11.0 Å². The highest BCUT2D eigenvalue weighted by Crippen LogP contribution is 2.35. The van der Waals surface area contributed by atoms with Gasteiger partial charge in [-0.25, -0.2) is 14.5 Å². The van der Waals surface area contributed by atoms with Crippen LogP contribution in [0.4, 0.5) is 29.3 Å². The number of aromatic nitrogens is 3. The van der Waals surface area contributed by atoms with Gasteiger partial charge in [-0.15, -0.1) is 18.3 Å². The van der Waals surface area contributed by atoms with Crippen LogP contribution in [0.15, 0.2) is 78.0 Å². The van der Waals surface area contributed by atoms with E-state index in [1.54, 1.807) is 42.5 Å². The smallest absolute Gasteiger partial charge is 0.492 e. The Labute approximate surface area is 254 Å². The summed E-state index contributed by atoms with van der Waals surface area (Å²) in [7, 11) is 0. The van der Waals surface area contributed by atoms with Gasteiger partial charge in [-0.3, -0.25) is 9.69 Å². The van der Waals surface area contributed by atoms with E-state index in [4.69, 9.17) is 4.74 Å². The predicted octanol–water partition coefficient (Wildman–Crippen LogP) is 6.71. The summed E-state index contributed by atoms with van der Waals surface area (Å²) in [4.78, 5) is 35.2. The Hall–Kier alpha value is -5.11. The molecule has 2 heterocycles. The number of urea groups is 1. The summed E-state index contributed by atoms with van der Waals surface area (Å²) in [5.41, 5.74) is 3.28. The number of carbonyl (C=O) groups excluding carboxylic acids is 2. The number of hydrogen-bond acceptors (Lipinski definition) is 7. The minimum atomic E-state index is -4.76. The molecule has 1 saturated heterocycles. The second-order valence-electron chi connectivity index (χ2n) is 9.29. The van der Waals surface area contributed by atoms with Crippen LogP contribution in [0.5, 0.6) is 11.5 Å². The average molecular weight is 623 g/mol. The largest absolute Gasteiger partial charge is 0.573 e.